The van der Waals surface area contributed by atoms with Gasteiger partial charge in [-0.25, -0.2) is 0 Å². The molecule has 0 amide bonds. The molecule has 0 aromatic heterocycles. The first-order valence-electron chi connectivity index (χ1n) is 4.52. The van der Waals surface area contributed by atoms with Gasteiger partial charge in [0.1, 0.15) is 0 Å². The second kappa shape index (κ2) is 5.81. The molecule has 3 nitrogen and oxygen atoms in total. The van der Waals surface area contributed by atoms with Crippen LogP contribution in [0, 0.1) is 0 Å². The van der Waals surface area contributed by atoms with Gasteiger partial charge in [0.25, 0.3) is 5.76 Å². The fraction of sp³-hybridized carbons (Fsp3) is 0.300. The van der Waals surface area contributed by atoms with Gasteiger partial charge < -0.3 is 10.8 Å². The van der Waals surface area contributed by atoms with E-state index in [1.54, 1.807) is 0 Å². The Morgan fingerprint density at radius 3 is 2.31 bits per heavy atom. The Hall–Kier alpha value is -1.14. The number of halogens is 2. The fourth-order valence-corrected chi connectivity index (χ4v) is 1.76. The molecule has 3 N–H and O–H groups in total. The number of nitrogens with two attached hydrogens (primary N) is 1. The predicted molar refractivity (Wildman–Crippen MR) is 57.7 cm³/mol. The Kier molecular flexibility index (Phi) is 4.70. The van der Waals surface area contributed by atoms with Gasteiger partial charge in [-0.05, 0) is 17.7 Å². The third-order valence-corrected chi connectivity index (χ3v) is 2.76. The number of carboxylic acid groups (broad SMARTS) is 1. The topological polar surface area (TPSA) is 63.3 Å². The number of thioether (sulfide) groups is 1. The summed E-state index contributed by atoms with van der Waals surface area (Å²) < 4.78 is 24.0. The molecule has 0 bridgehead atoms. The molecule has 1 unspecified atom stereocenters. The van der Waals surface area contributed by atoms with Crippen LogP contribution in [-0.4, -0.2) is 23.4 Å². The molecular weight excluding hydrogens is 236 g/mol. The largest absolute Gasteiger partial charge is 0.481 e. The van der Waals surface area contributed by atoms with Crippen LogP contribution in [0.5, 0.6) is 0 Å². The average molecular weight is 247 g/mol. The highest BCUT2D eigenvalue weighted by atomic mass is 32.2. The van der Waals surface area contributed by atoms with Gasteiger partial charge in [0.15, 0.2) is 0 Å². The van der Waals surface area contributed by atoms with Crippen molar-refractivity contribution < 1.29 is 18.7 Å². The Labute approximate surface area is 95.6 Å². The minimum absolute atomic E-state index is 0.0172. The second-order valence-electron chi connectivity index (χ2n) is 3.07. The summed E-state index contributed by atoms with van der Waals surface area (Å²) in [7, 11) is 0. The summed E-state index contributed by atoms with van der Waals surface area (Å²) in [5.74, 6) is -4.28. The van der Waals surface area contributed by atoms with Crippen molar-refractivity contribution in [2.24, 2.45) is 5.73 Å². The van der Waals surface area contributed by atoms with Crippen molar-refractivity contribution >= 4 is 17.7 Å². The van der Waals surface area contributed by atoms with Crippen LogP contribution >= 0.6 is 11.8 Å². The number of aliphatic carboxylic acids is 1. The molecule has 0 aliphatic carbocycles. The number of carboxylic acids is 1. The highest BCUT2D eigenvalue weighted by Gasteiger charge is 2.17. The van der Waals surface area contributed by atoms with Crippen LogP contribution < -0.4 is 5.73 Å². The zero-order chi connectivity index (χ0) is 12.1. The lowest BCUT2D eigenvalue weighted by molar-refractivity contribution is -0.138. The van der Waals surface area contributed by atoms with E-state index in [9.17, 15) is 13.6 Å². The molecule has 0 radical (unpaired) electrons. The molecule has 1 aromatic carbocycles. The van der Waals surface area contributed by atoms with Gasteiger partial charge in [0.2, 0.25) is 0 Å². The normalized spacial score (nSPS) is 12.8. The molecule has 1 rings (SSSR count). The standard InChI is InChI=1S/C10H11F2NO2S/c11-10(12)16-7-3-1-6(2-4-7)8(5-13)9(14)15/h1-4,8,10H,5,13H2,(H,14,15). The second-order valence-corrected chi connectivity index (χ2v) is 4.14. The van der Waals surface area contributed by atoms with Gasteiger partial charge in [-0.1, -0.05) is 23.9 Å². The third kappa shape index (κ3) is 3.46. The Morgan fingerprint density at radius 1 is 1.38 bits per heavy atom. The van der Waals surface area contributed by atoms with Crippen molar-refractivity contribution in [3.63, 3.8) is 0 Å². The minimum atomic E-state index is -2.48. The molecule has 0 spiro atoms. The van der Waals surface area contributed by atoms with E-state index in [1.165, 1.54) is 24.3 Å². The summed E-state index contributed by atoms with van der Waals surface area (Å²) in [6, 6.07) is 5.96. The van der Waals surface area contributed by atoms with Crippen LogP contribution in [0.15, 0.2) is 29.2 Å². The van der Waals surface area contributed by atoms with Gasteiger partial charge >= 0.3 is 5.97 Å². The highest BCUT2D eigenvalue weighted by molar-refractivity contribution is 7.99. The lowest BCUT2D eigenvalue weighted by atomic mass is 10.00. The smallest absolute Gasteiger partial charge is 0.312 e. The number of hydrogen-bond acceptors (Lipinski definition) is 3. The van der Waals surface area contributed by atoms with Gasteiger partial charge in [0.05, 0.1) is 5.92 Å². The number of carbonyl (C=O) groups is 1. The van der Waals surface area contributed by atoms with Crippen LogP contribution in [0.25, 0.3) is 0 Å². The maximum absolute atomic E-state index is 12.0. The molecule has 0 fully saturated rings. The molecule has 0 saturated heterocycles. The zero-order valence-electron chi connectivity index (χ0n) is 8.27. The van der Waals surface area contributed by atoms with E-state index in [1.807, 2.05) is 0 Å². The summed E-state index contributed by atoms with van der Waals surface area (Å²) in [5, 5.41) is 8.84. The number of hydrogen-bond donors (Lipinski definition) is 2. The van der Waals surface area contributed by atoms with Crippen LogP contribution in [-0.2, 0) is 4.79 Å². The van der Waals surface area contributed by atoms with Gasteiger partial charge in [-0.3, -0.25) is 4.79 Å². The summed E-state index contributed by atoms with van der Waals surface area (Å²) in [6.07, 6.45) is 0. The molecule has 6 heteroatoms. The van der Waals surface area contributed by atoms with Gasteiger partial charge in [0, 0.05) is 11.4 Å². The maximum atomic E-state index is 12.0. The molecule has 1 atom stereocenters. The van der Waals surface area contributed by atoms with Crippen molar-refractivity contribution in [3.8, 4) is 0 Å². The van der Waals surface area contributed by atoms with Crippen LogP contribution in [0.2, 0.25) is 0 Å². The lowest BCUT2D eigenvalue weighted by Gasteiger charge is -2.10. The molecule has 88 valence electrons. The first-order valence-corrected chi connectivity index (χ1v) is 5.40. The first kappa shape index (κ1) is 12.9. The molecule has 1 aromatic rings. The summed E-state index contributed by atoms with van der Waals surface area (Å²) in [4.78, 5) is 11.2. The molecular formula is C10H11F2NO2S. The summed E-state index contributed by atoms with van der Waals surface area (Å²) >= 11 is 0.423. The Morgan fingerprint density at radius 2 is 1.94 bits per heavy atom. The Bertz CT molecular complexity index is 356. The van der Waals surface area contributed by atoms with Crippen LogP contribution in [0.1, 0.15) is 11.5 Å². The van der Waals surface area contributed by atoms with E-state index in [0.29, 0.717) is 22.2 Å². The van der Waals surface area contributed by atoms with Gasteiger partial charge in [-0.2, -0.15) is 8.78 Å². The SMILES string of the molecule is NCC(C(=O)O)c1ccc(SC(F)F)cc1. The molecule has 0 saturated carbocycles. The monoisotopic (exact) mass is 247 g/mol. The van der Waals surface area contributed by atoms with E-state index >= 15 is 0 Å². The van der Waals surface area contributed by atoms with E-state index in [0.717, 1.165) is 0 Å². The molecule has 0 aliphatic rings. The van der Waals surface area contributed by atoms with Crippen molar-refractivity contribution in [1.29, 1.82) is 0 Å². The van der Waals surface area contributed by atoms with Crippen molar-refractivity contribution in [2.45, 2.75) is 16.6 Å². The quantitative estimate of drug-likeness (QED) is 0.782. The Balaban J connectivity index is 2.81. The van der Waals surface area contributed by atoms with Crippen molar-refractivity contribution in [3.05, 3.63) is 29.8 Å². The zero-order valence-corrected chi connectivity index (χ0v) is 9.08. The molecule has 16 heavy (non-hydrogen) atoms. The summed E-state index contributed by atoms with van der Waals surface area (Å²) in [6.45, 7) is -0.0172. The van der Waals surface area contributed by atoms with E-state index in [2.05, 4.69) is 0 Å². The predicted octanol–water partition coefficient (Wildman–Crippen LogP) is 2.13. The molecule has 0 heterocycles. The number of benzene rings is 1. The van der Waals surface area contributed by atoms with E-state index in [4.69, 9.17) is 10.8 Å². The summed E-state index contributed by atoms with van der Waals surface area (Å²) in [5.41, 5.74) is 5.84. The first-order chi connectivity index (χ1) is 7.54. The fourth-order valence-electron chi connectivity index (χ4n) is 1.26. The van der Waals surface area contributed by atoms with Crippen LogP contribution in [0.3, 0.4) is 0 Å². The van der Waals surface area contributed by atoms with Crippen molar-refractivity contribution in [1.82, 2.24) is 0 Å². The maximum Gasteiger partial charge on any atom is 0.312 e. The third-order valence-electron chi connectivity index (χ3n) is 2.04. The number of rotatable bonds is 5. The van der Waals surface area contributed by atoms with Gasteiger partial charge in [-0.15, -0.1) is 0 Å². The minimum Gasteiger partial charge on any atom is -0.481 e. The van der Waals surface area contributed by atoms with E-state index < -0.39 is 17.6 Å². The number of alkyl halides is 2. The lowest BCUT2D eigenvalue weighted by Crippen LogP contribution is -2.20. The highest BCUT2D eigenvalue weighted by Crippen LogP contribution is 2.26. The molecule has 0 aliphatic heterocycles. The van der Waals surface area contributed by atoms with Crippen molar-refractivity contribution in [2.75, 3.05) is 6.54 Å². The average Bonchev–Trinajstić information content (AvgIpc) is 2.20. The van der Waals surface area contributed by atoms with Crippen LogP contribution in [0.4, 0.5) is 8.78 Å². The van der Waals surface area contributed by atoms with E-state index in [-0.39, 0.29) is 6.54 Å².